The van der Waals surface area contributed by atoms with Crippen LogP contribution in [0.5, 0.6) is 0 Å². The third-order valence-corrected chi connectivity index (χ3v) is 5.42. The largest absolute Gasteiger partial charge is 0.444 e. The lowest BCUT2D eigenvalue weighted by Crippen LogP contribution is -2.45. The minimum absolute atomic E-state index is 0.0296. The van der Waals surface area contributed by atoms with Gasteiger partial charge in [0.15, 0.2) is 0 Å². The molecule has 2 aliphatic rings. The van der Waals surface area contributed by atoms with Crippen LogP contribution >= 0.6 is 0 Å². The van der Waals surface area contributed by atoms with Crippen LogP contribution in [-0.2, 0) is 14.3 Å². The monoisotopic (exact) mass is 381 g/mol. The fourth-order valence-electron chi connectivity index (χ4n) is 3.84. The van der Waals surface area contributed by atoms with Gasteiger partial charge in [-0.05, 0) is 58.8 Å². The lowest BCUT2D eigenvalue weighted by Gasteiger charge is -2.34. The number of nitrogens with zero attached hydrogens (tertiary/aromatic N) is 2. The van der Waals surface area contributed by atoms with Crippen LogP contribution in [0.25, 0.3) is 0 Å². The van der Waals surface area contributed by atoms with Crippen molar-refractivity contribution in [2.45, 2.75) is 64.9 Å². The number of rotatable bonds is 4. The van der Waals surface area contributed by atoms with Crippen molar-refractivity contribution in [3.63, 3.8) is 0 Å². The molecule has 0 bridgehead atoms. The molecule has 0 radical (unpaired) electrons. The fraction of sp³-hybridized carbons (Fsp3) is 0.850. The Kier molecular flexibility index (Phi) is 7.50. The maximum atomic E-state index is 12.5. The van der Waals surface area contributed by atoms with Gasteiger partial charge < -0.3 is 19.9 Å². The highest BCUT2D eigenvalue weighted by molar-refractivity contribution is 5.81. The molecule has 2 saturated heterocycles. The van der Waals surface area contributed by atoms with Crippen molar-refractivity contribution in [1.29, 1.82) is 0 Å². The summed E-state index contributed by atoms with van der Waals surface area (Å²) in [7, 11) is 1.65. The maximum Gasteiger partial charge on any atom is 0.410 e. The van der Waals surface area contributed by atoms with Gasteiger partial charge in [-0.3, -0.25) is 9.59 Å². The van der Waals surface area contributed by atoms with Crippen LogP contribution in [0.15, 0.2) is 0 Å². The molecule has 7 heteroatoms. The van der Waals surface area contributed by atoms with E-state index in [1.807, 2.05) is 25.7 Å². The van der Waals surface area contributed by atoms with Crippen molar-refractivity contribution in [3.8, 4) is 0 Å². The molecular weight excluding hydrogens is 346 g/mol. The Bertz CT molecular complexity index is 536. The van der Waals surface area contributed by atoms with Crippen LogP contribution in [0.3, 0.4) is 0 Å². The second-order valence-corrected chi connectivity index (χ2v) is 8.74. The van der Waals surface area contributed by atoms with Gasteiger partial charge in [-0.15, -0.1) is 0 Å². The summed E-state index contributed by atoms with van der Waals surface area (Å²) in [6, 6.07) is 0. The molecule has 0 saturated carbocycles. The molecule has 0 aromatic rings. The molecule has 154 valence electrons. The zero-order valence-corrected chi connectivity index (χ0v) is 17.3. The topological polar surface area (TPSA) is 79.0 Å². The third-order valence-electron chi connectivity index (χ3n) is 5.42. The van der Waals surface area contributed by atoms with Gasteiger partial charge in [0.2, 0.25) is 11.8 Å². The zero-order valence-electron chi connectivity index (χ0n) is 17.3. The quantitative estimate of drug-likeness (QED) is 0.811. The van der Waals surface area contributed by atoms with Crippen LogP contribution in [0, 0.1) is 11.8 Å². The Balaban J connectivity index is 1.71. The molecule has 0 aromatic heterocycles. The molecule has 0 aromatic carbocycles. The van der Waals surface area contributed by atoms with Crippen molar-refractivity contribution in [1.82, 2.24) is 15.1 Å². The molecule has 0 aliphatic carbocycles. The smallest absolute Gasteiger partial charge is 0.410 e. The number of carbonyl (C=O) groups is 3. The average molecular weight is 382 g/mol. The predicted molar refractivity (Wildman–Crippen MR) is 103 cm³/mol. The van der Waals surface area contributed by atoms with E-state index in [2.05, 4.69) is 5.32 Å². The Labute approximate surface area is 162 Å². The summed E-state index contributed by atoms with van der Waals surface area (Å²) in [4.78, 5) is 40.1. The average Bonchev–Trinajstić information content (AvgIpc) is 2.64. The van der Waals surface area contributed by atoms with Crippen molar-refractivity contribution in [2.75, 3.05) is 33.2 Å². The number of piperidine rings is 2. The Morgan fingerprint density at radius 1 is 1.04 bits per heavy atom. The molecule has 0 unspecified atom stereocenters. The Morgan fingerprint density at radius 3 is 2.30 bits per heavy atom. The summed E-state index contributed by atoms with van der Waals surface area (Å²) in [6.07, 6.45) is 4.69. The van der Waals surface area contributed by atoms with Gasteiger partial charge in [0.1, 0.15) is 5.60 Å². The Morgan fingerprint density at radius 2 is 1.70 bits per heavy atom. The number of ether oxygens (including phenoxy) is 1. The minimum atomic E-state index is -0.471. The molecule has 1 atom stereocenters. The third kappa shape index (κ3) is 6.70. The molecule has 3 amide bonds. The fourth-order valence-corrected chi connectivity index (χ4v) is 3.84. The number of hydrogen-bond donors (Lipinski definition) is 1. The molecule has 2 aliphatic heterocycles. The number of amides is 3. The van der Waals surface area contributed by atoms with Crippen LogP contribution in [-0.4, -0.2) is 66.5 Å². The van der Waals surface area contributed by atoms with Gasteiger partial charge in [-0.1, -0.05) is 0 Å². The number of carbonyl (C=O) groups excluding carboxylic acids is 3. The van der Waals surface area contributed by atoms with Crippen molar-refractivity contribution < 1.29 is 19.1 Å². The van der Waals surface area contributed by atoms with Crippen molar-refractivity contribution in [3.05, 3.63) is 0 Å². The molecule has 0 spiro atoms. The van der Waals surface area contributed by atoms with E-state index < -0.39 is 5.60 Å². The van der Waals surface area contributed by atoms with Crippen LogP contribution in [0.4, 0.5) is 4.79 Å². The first-order valence-corrected chi connectivity index (χ1v) is 10.2. The van der Waals surface area contributed by atoms with E-state index in [0.29, 0.717) is 32.0 Å². The first kappa shape index (κ1) is 21.5. The second kappa shape index (κ2) is 9.42. The van der Waals surface area contributed by atoms with Gasteiger partial charge in [0.05, 0.1) is 5.92 Å². The number of likely N-dealkylation sites (tertiary alicyclic amines) is 2. The highest BCUT2D eigenvalue weighted by Gasteiger charge is 2.30. The van der Waals surface area contributed by atoms with Gasteiger partial charge in [-0.25, -0.2) is 4.79 Å². The van der Waals surface area contributed by atoms with Crippen LogP contribution in [0.1, 0.15) is 59.3 Å². The summed E-state index contributed by atoms with van der Waals surface area (Å²) in [5.74, 6) is 0.567. The lowest BCUT2D eigenvalue weighted by molar-refractivity contribution is -0.135. The SMILES string of the molecule is CNC(=O)[C@@H]1CCCN(C(=O)CCC2CCN(C(=O)OC(C)(C)C)CC2)C1. The number of hydrogen-bond acceptors (Lipinski definition) is 4. The highest BCUT2D eigenvalue weighted by Crippen LogP contribution is 2.25. The summed E-state index contributed by atoms with van der Waals surface area (Å²) in [6.45, 7) is 8.29. The molecule has 7 nitrogen and oxygen atoms in total. The van der Waals surface area contributed by atoms with E-state index >= 15 is 0 Å². The van der Waals surface area contributed by atoms with Gasteiger partial charge in [-0.2, -0.15) is 0 Å². The molecule has 2 rings (SSSR count). The maximum absolute atomic E-state index is 12.5. The van der Waals surface area contributed by atoms with Gasteiger partial charge in [0, 0.05) is 39.6 Å². The second-order valence-electron chi connectivity index (χ2n) is 8.74. The standard InChI is InChI=1S/C20H35N3O4/c1-20(2,3)27-19(26)22-12-9-15(10-13-22)7-8-17(24)23-11-5-6-16(14-23)18(25)21-4/h15-16H,5-14H2,1-4H3,(H,21,25)/t16-/m1/s1. The van der Waals surface area contributed by atoms with Crippen LogP contribution < -0.4 is 5.32 Å². The molecule has 2 heterocycles. The van der Waals surface area contributed by atoms with Crippen molar-refractivity contribution >= 4 is 17.9 Å². The molecule has 1 N–H and O–H groups in total. The molecular formula is C20H35N3O4. The van der Waals surface area contributed by atoms with Gasteiger partial charge in [0.25, 0.3) is 0 Å². The highest BCUT2D eigenvalue weighted by atomic mass is 16.6. The van der Waals surface area contributed by atoms with E-state index in [1.54, 1.807) is 11.9 Å². The van der Waals surface area contributed by atoms with E-state index in [-0.39, 0.29) is 23.8 Å². The first-order valence-electron chi connectivity index (χ1n) is 10.2. The summed E-state index contributed by atoms with van der Waals surface area (Å²) >= 11 is 0. The minimum Gasteiger partial charge on any atom is -0.444 e. The zero-order chi connectivity index (χ0) is 20.0. The lowest BCUT2D eigenvalue weighted by atomic mass is 9.91. The Hall–Kier alpha value is -1.79. The summed E-state index contributed by atoms with van der Waals surface area (Å²) in [5, 5.41) is 2.69. The number of nitrogens with one attached hydrogen (secondary N) is 1. The summed E-state index contributed by atoms with van der Waals surface area (Å²) in [5.41, 5.74) is -0.471. The molecule has 2 fully saturated rings. The van der Waals surface area contributed by atoms with E-state index in [4.69, 9.17) is 4.74 Å². The van der Waals surface area contributed by atoms with Gasteiger partial charge >= 0.3 is 6.09 Å². The first-order chi connectivity index (χ1) is 12.7. The van der Waals surface area contributed by atoms with E-state index in [0.717, 1.165) is 38.6 Å². The summed E-state index contributed by atoms with van der Waals surface area (Å²) < 4.78 is 5.42. The van der Waals surface area contributed by atoms with Crippen LogP contribution in [0.2, 0.25) is 0 Å². The molecule has 27 heavy (non-hydrogen) atoms. The van der Waals surface area contributed by atoms with E-state index in [9.17, 15) is 14.4 Å². The normalized spacial score (nSPS) is 21.7. The van der Waals surface area contributed by atoms with E-state index in [1.165, 1.54) is 0 Å². The predicted octanol–water partition coefficient (Wildman–Crippen LogP) is 2.40. The van der Waals surface area contributed by atoms with Crippen molar-refractivity contribution in [2.24, 2.45) is 11.8 Å².